The first kappa shape index (κ1) is 24.3. The van der Waals surface area contributed by atoms with Crippen LogP contribution in [0.5, 0.6) is 0 Å². The number of amides is 1. The zero-order valence-corrected chi connectivity index (χ0v) is 18.3. The number of rotatable bonds is 8. The van der Waals surface area contributed by atoms with Crippen molar-refractivity contribution >= 4 is 17.2 Å². The summed E-state index contributed by atoms with van der Waals surface area (Å²) in [6.45, 7) is 13.6. The monoisotopic (exact) mass is 428 g/mol. The average molecular weight is 429 g/mol. The number of anilines is 1. The second-order valence-corrected chi connectivity index (χ2v) is 6.96. The highest BCUT2D eigenvalue weighted by Crippen LogP contribution is 2.24. The van der Waals surface area contributed by atoms with Gasteiger partial charge in [0.2, 0.25) is 0 Å². The summed E-state index contributed by atoms with van der Waals surface area (Å²) in [5.74, 6) is 0.669. The van der Waals surface area contributed by atoms with E-state index >= 15 is 0 Å². The number of nitrogens with zero attached hydrogens (tertiary/aromatic N) is 5. The SMILES string of the molecule is C=C/C=C(\C=C)CNc1ncnn2cc(C(=O)N3CCN(CCO)CC3)c(C)c12.CO. The molecule has 1 amide bonds. The Morgan fingerprint density at radius 3 is 2.58 bits per heavy atom. The van der Waals surface area contributed by atoms with Crippen LogP contribution in [0.15, 0.2) is 49.5 Å². The van der Waals surface area contributed by atoms with E-state index in [9.17, 15) is 4.79 Å². The Kier molecular flexibility index (Phi) is 9.39. The van der Waals surface area contributed by atoms with Gasteiger partial charge in [0.05, 0.1) is 12.2 Å². The second kappa shape index (κ2) is 12.0. The molecule has 9 nitrogen and oxygen atoms in total. The van der Waals surface area contributed by atoms with E-state index in [4.69, 9.17) is 10.2 Å². The number of nitrogens with one attached hydrogen (secondary N) is 1. The number of aromatic nitrogens is 3. The van der Waals surface area contributed by atoms with Crippen molar-refractivity contribution in [3.05, 3.63) is 60.6 Å². The van der Waals surface area contributed by atoms with Crippen LogP contribution in [0.4, 0.5) is 5.82 Å². The normalized spacial score (nSPS) is 14.7. The summed E-state index contributed by atoms with van der Waals surface area (Å²) < 4.78 is 1.70. The van der Waals surface area contributed by atoms with E-state index in [0.29, 0.717) is 37.6 Å². The van der Waals surface area contributed by atoms with Gasteiger partial charge in [0.1, 0.15) is 11.8 Å². The highest BCUT2D eigenvalue weighted by Gasteiger charge is 2.25. The van der Waals surface area contributed by atoms with Crippen LogP contribution in [0.1, 0.15) is 15.9 Å². The van der Waals surface area contributed by atoms with Gasteiger partial charge in [-0.25, -0.2) is 9.50 Å². The summed E-state index contributed by atoms with van der Waals surface area (Å²) in [5, 5.41) is 23.7. The minimum atomic E-state index is 0.000863. The van der Waals surface area contributed by atoms with E-state index in [2.05, 4.69) is 33.5 Å². The first-order valence-electron chi connectivity index (χ1n) is 10.2. The lowest BCUT2D eigenvalue weighted by Gasteiger charge is -2.34. The largest absolute Gasteiger partial charge is 0.400 e. The van der Waals surface area contributed by atoms with Gasteiger partial charge in [-0.1, -0.05) is 31.4 Å². The van der Waals surface area contributed by atoms with Crippen LogP contribution in [-0.2, 0) is 0 Å². The van der Waals surface area contributed by atoms with Crippen molar-refractivity contribution in [3.8, 4) is 0 Å². The Balaban J connectivity index is 0.00000166. The van der Waals surface area contributed by atoms with Gasteiger partial charge in [0.25, 0.3) is 5.91 Å². The predicted octanol–water partition coefficient (Wildman–Crippen LogP) is 1.11. The molecule has 9 heteroatoms. The standard InChI is InChI=1S/C21H28N6O2.CH4O/c1-4-6-17(5-2)13-22-20-19-16(3)18(14-27(19)24-15-23-20)21(29)26-9-7-25(8-10-26)11-12-28;1-2/h4-6,14-15,28H,1-2,7-13H2,3H3,(H,22,23,24);2H,1H3/b17-6+;. The van der Waals surface area contributed by atoms with Crippen LogP contribution in [0, 0.1) is 6.92 Å². The summed E-state index contributed by atoms with van der Waals surface area (Å²) in [6, 6.07) is 0. The van der Waals surface area contributed by atoms with Crippen molar-refractivity contribution in [2.75, 3.05) is 58.3 Å². The van der Waals surface area contributed by atoms with E-state index < -0.39 is 0 Å². The molecule has 1 fully saturated rings. The number of hydrogen-bond donors (Lipinski definition) is 3. The van der Waals surface area contributed by atoms with Gasteiger partial charge in [-0.2, -0.15) is 5.10 Å². The molecule has 0 atom stereocenters. The second-order valence-electron chi connectivity index (χ2n) is 6.96. The fourth-order valence-corrected chi connectivity index (χ4v) is 3.53. The lowest BCUT2D eigenvalue weighted by molar-refractivity contribution is 0.0614. The predicted molar refractivity (Wildman–Crippen MR) is 122 cm³/mol. The van der Waals surface area contributed by atoms with Gasteiger partial charge >= 0.3 is 0 Å². The number of aliphatic hydroxyl groups is 2. The number of aliphatic hydroxyl groups excluding tert-OH is 2. The van der Waals surface area contributed by atoms with E-state index in [0.717, 1.165) is 36.9 Å². The molecule has 31 heavy (non-hydrogen) atoms. The summed E-state index contributed by atoms with van der Waals surface area (Å²) in [4.78, 5) is 21.5. The van der Waals surface area contributed by atoms with Gasteiger partial charge in [-0.15, -0.1) is 0 Å². The molecule has 0 radical (unpaired) electrons. The Morgan fingerprint density at radius 1 is 1.26 bits per heavy atom. The topological polar surface area (TPSA) is 106 Å². The zero-order valence-electron chi connectivity index (χ0n) is 18.3. The van der Waals surface area contributed by atoms with Crippen LogP contribution in [0.3, 0.4) is 0 Å². The van der Waals surface area contributed by atoms with Crippen molar-refractivity contribution in [2.45, 2.75) is 6.92 Å². The molecule has 2 aromatic rings. The molecule has 1 aliphatic heterocycles. The van der Waals surface area contributed by atoms with Gasteiger partial charge in [0, 0.05) is 52.6 Å². The molecular weight excluding hydrogens is 396 g/mol. The lowest BCUT2D eigenvalue weighted by atomic mass is 10.1. The minimum Gasteiger partial charge on any atom is -0.400 e. The molecule has 0 aromatic carbocycles. The zero-order chi connectivity index (χ0) is 22.8. The molecule has 2 aromatic heterocycles. The van der Waals surface area contributed by atoms with Crippen LogP contribution in [-0.4, -0.2) is 93.5 Å². The smallest absolute Gasteiger partial charge is 0.255 e. The Bertz CT molecular complexity index is 929. The number of aryl methyl sites for hydroxylation is 1. The van der Waals surface area contributed by atoms with E-state index in [1.807, 2.05) is 17.9 Å². The number of hydrogen-bond acceptors (Lipinski definition) is 7. The van der Waals surface area contributed by atoms with Crippen LogP contribution < -0.4 is 5.32 Å². The highest BCUT2D eigenvalue weighted by atomic mass is 16.3. The highest BCUT2D eigenvalue weighted by molar-refractivity contribution is 5.99. The maximum atomic E-state index is 13.1. The molecule has 3 rings (SSSR count). The molecule has 0 saturated carbocycles. The van der Waals surface area contributed by atoms with Crippen LogP contribution in [0.25, 0.3) is 5.52 Å². The third-order valence-electron chi connectivity index (χ3n) is 5.19. The third kappa shape index (κ3) is 5.78. The molecule has 0 bridgehead atoms. The molecule has 3 heterocycles. The maximum absolute atomic E-state index is 13.1. The summed E-state index contributed by atoms with van der Waals surface area (Å²) in [5.41, 5.74) is 3.26. The number of carbonyl (C=O) groups excluding carboxylic acids is 1. The molecular formula is C22H32N6O3. The van der Waals surface area contributed by atoms with Crippen molar-refractivity contribution in [1.82, 2.24) is 24.4 Å². The van der Waals surface area contributed by atoms with Crippen molar-refractivity contribution in [3.63, 3.8) is 0 Å². The van der Waals surface area contributed by atoms with E-state index in [1.54, 1.807) is 22.9 Å². The number of piperazine rings is 1. The quantitative estimate of drug-likeness (QED) is 0.541. The van der Waals surface area contributed by atoms with Crippen LogP contribution in [0.2, 0.25) is 0 Å². The summed E-state index contributed by atoms with van der Waals surface area (Å²) in [6.07, 6.45) is 8.61. The fraction of sp³-hybridized carbons (Fsp3) is 0.409. The number of allylic oxidation sites excluding steroid dienone is 2. The molecule has 168 valence electrons. The molecule has 0 spiro atoms. The van der Waals surface area contributed by atoms with Crippen molar-refractivity contribution < 1.29 is 15.0 Å². The average Bonchev–Trinajstić information content (AvgIpc) is 3.15. The molecule has 0 unspecified atom stereocenters. The fourth-order valence-electron chi connectivity index (χ4n) is 3.53. The third-order valence-corrected chi connectivity index (χ3v) is 5.19. The number of carbonyl (C=O) groups is 1. The minimum absolute atomic E-state index is 0.000863. The summed E-state index contributed by atoms with van der Waals surface area (Å²) >= 11 is 0. The van der Waals surface area contributed by atoms with Crippen LogP contribution >= 0.6 is 0 Å². The summed E-state index contributed by atoms with van der Waals surface area (Å²) in [7, 11) is 1.00. The van der Waals surface area contributed by atoms with Gasteiger partial charge < -0.3 is 20.4 Å². The molecule has 1 aliphatic rings. The molecule has 0 aliphatic carbocycles. The number of fused-ring (bicyclic) bond motifs is 1. The Labute approximate surface area is 183 Å². The van der Waals surface area contributed by atoms with E-state index in [1.165, 1.54) is 6.33 Å². The van der Waals surface area contributed by atoms with Crippen molar-refractivity contribution in [1.29, 1.82) is 0 Å². The first-order valence-corrected chi connectivity index (χ1v) is 10.2. The Morgan fingerprint density at radius 2 is 1.97 bits per heavy atom. The molecule has 3 N–H and O–H groups in total. The van der Waals surface area contributed by atoms with Gasteiger partial charge in [-0.3, -0.25) is 9.69 Å². The molecule has 1 saturated heterocycles. The maximum Gasteiger partial charge on any atom is 0.255 e. The number of β-amino-alcohol motifs (C(OH)–C–C–N with tert-alkyl or cyclic N) is 1. The van der Waals surface area contributed by atoms with Gasteiger partial charge in [-0.05, 0) is 18.1 Å². The van der Waals surface area contributed by atoms with E-state index in [-0.39, 0.29) is 12.5 Å². The first-order chi connectivity index (χ1) is 15.1. The lowest BCUT2D eigenvalue weighted by Crippen LogP contribution is -2.49. The van der Waals surface area contributed by atoms with Gasteiger partial charge in [0.15, 0.2) is 5.82 Å². The Hall–Kier alpha value is -3.01. The van der Waals surface area contributed by atoms with Crippen molar-refractivity contribution in [2.24, 2.45) is 0 Å².